The summed E-state index contributed by atoms with van der Waals surface area (Å²) in [6.45, 7) is 2.67. The van der Waals surface area contributed by atoms with E-state index in [9.17, 15) is 9.59 Å². The van der Waals surface area contributed by atoms with Crippen molar-refractivity contribution in [1.29, 1.82) is 0 Å². The first-order valence-electron chi connectivity index (χ1n) is 12.0. The van der Waals surface area contributed by atoms with Crippen LogP contribution in [0.4, 0.5) is 5.13 Å². The van der Waals surface area contributed by atoms with E-state index in [1.165, 1.54) is 11.3 Å². The van der Waals surface area contributed by atoms with Gasteiger partial charge in [0.15, 0.2) is 5.13 Å². The lowest BCUT2D eigenvalue weighted by molar-refractivity contribution is 0.0981. The number of hydrogen-bond acceptors (Lipinski definition) is 6. The van der Waals surface area contributed by atoms with Gasteiger partial charge >= 0.3 is 5.63 Å². The first kappa shape index (κ1) is 22.9. The molecule has 0 fully saturated rings. The number of ether oxygens (including phenoxy) is 1. The summed E-state index contributed by atoms with van der Waals surface area (Å²) in [7, 11) is 0. The van der Waals surface area contributed by atoms with E-state index in [4.69, 9.17) is 14.1 Å². The van der Waals surface area contributed by atoms with E-state index in [2.05, 4.69) is 0 Å². The first-order chi connectivity index (χ1) is 18.1. The Morgan fingerprint density at radius 2 is 1.76 bits per heavy atom. The van der Waals surface area contributed by atoms with Gasteiger partial charge in [-0.1, -0.05) is 78.1 Å². The fourth-order valence-electron chi connectivity index (χ4n) is 4.46. The average Bonchev–Trinajstić information content (AvgIpc) is 3.37. The largest absolute Gasteiger partial charge is 0.492 e. The van der Waals surface area contributed by atoms with Crippen molar-refractivity contribution in [3.05, 3.63) is 113 Å². The van der Waals surface area contributed by atoms with Crippen LogP contribution in [0.5, 0.6) is 5.75 Å². The monoisotopic (exact) mass is 506 g/mol. The van der Waals surface area contributed by atoms with E-state index < -0.39 is 11.5 Å². The fraction of sp³-hybridized carbons (Fsp3) is 0.100. The van der Waals surface area contributed by atoms with Gasteiger partial charge in [0, 0.05) is 5.39 Å². The zero-order chi connectivity index (χ0) is 25.4. The van der Waals surface area contributed by atoms with Gasteiger partial charge in [0.05, 0.1) is 17.9 Å². The summed E-state index contributed by atoms with van der Waals surface area (Å²) in [6.07, 6.45) is 0. The van der Waals surface area contributed by atoms with Gasteiger partial charge in [0.1, 0.15) is 22.4 Å². The summed E-state index contributed by atoms with van der Waals surface area (Å²) in [6, 6.07) is 28.5. The molecule has 0 atom stereocenters. The Balaban J connectivity index is 1.51. The molecule has 0 bridgehead atoms. The molecule has 2 heterocycles. The molecule has 0 saturated heterocycles. The molecule has 0 aliphatic heterocycles. The van der Waals surface area contributed by atoms with Crippen LogP contribution >= 0.6 is 11.3 Å². The summed E-state index contributed by atoms with van der Waals surface area (Å²) in [5, 5.41) is 3.10. The van der Waals surface area contributed by atoms with Gasteiger partial charge in [-0.05, 0) is 47.5 Å². The number of thiazole rings is 1. The number of amides is 1. The average molecular weight is 507 g/mol. The number of anilines is 1. The highest BCUT2D eigenvalue weighted by Crippen LogP contribution is 2.35. The molecular weight excluding hydrogens is 484 g/mol. The minimum atomic E-state index is -0.679. The molecule has 0 aliphatic carbocycles. The lowest BCUT2D eigenvalue weighted by Gasteiger charge is -2.20. The molecule has 0 radical (unpaired) electrons. The van der Waals surface area contributed by atoms with Crippen molar-refractivity contribution in [1.82, 2.24) is 4.98 Å². The van der Waals surface area contributed by atoms with Crippen molar-refractivity contribution in [2.24, 2.45) is 0 Å². The second-order valence-corrected chi connectivity index (χ2v) is 9.56. The molecule has 7 heteroatoms. The summed E-state index contributed by atoms with van der Waals surface area (Å²) in [4.78, 5) is 33.4. The zero-order valence-electron chi connectivity index (χ0n) is 20.0. The number of benzene rings is 4. The smallest absolute Gasteiger partial charge is 0.349 e. The number of carbonyl (C=O) groups excluding carboxylic acids is 1. The molecule has 0 aliphatic rings. The van der Waals surface area contributed by atoms with Crippen LogP contribution in [0.25, 0.3) is 32.0 Å². The van der Waals surface area contributed by atoms with Crippen LogP contribution in [0, 0.1) is 0 Å². The highest BCUT2D eigenvalue weighted by molar-refractivity contribution is 7.22. The number of fused-ring (bicyclic) bond motifs is 4. The topological polar surface area (TPSA) is 72.6 Å². The second-order valence-electron chi connectivity index (χ2n) is 8.56. The Morgan fingerprint density at radius 3 is 2.59 bits per heavy atom. The Morgan fingerprint density at radius 1 is 0.946 bits per heavy atom. The number of para-hydroxylation sites is 1. The third-order valence-corrected chi connectivity index (χ3v) is 7.25. The minimum absolute atomic E-state index is 0.0379. The normalized spacial score (nSPS) is 11.3. The van der Waals surface area contributed by atoms with Crippen molar-refractivity contribution in [3.63, 3.8) is 0 Å². The molecule has 2 aromatic heterocycles. The summed E-state index contributed by atoms with van der Waals surface area (Å²) < 4.78 is 12.3. The Kier molecular flexibility index (Phi) is 5.90. The van der Waals surface area contributed by atoms with E-state index in [0.29, 0.717) is 34.0 Å². The Hall–Kier alpha value is -4.49. The Labute approximate surface area is 216 Å². The molecule has 4 aromatic carbocycles. The van der Waals surface area contributed by atoms with Crippen LogP contribution in [0.1, 0.15) is 22.8 Å². The maximum Gasteiger partial charge on any atom is 0.349 e. The third-order valence-electron chi connectivity index (χ3n) is 6.20. The van der Waals surface area contributed by atoms with Crippen LogP contribution in [-0.4, -0.2) is 17.5 Å². The van der Waals surface area contributed by atoms with Crippen LogP contribution in [0.3, 0.4) is 0 Å². The van der Waals surface area contributed by atoms with E-state index in [0.717, 1.165) is 21.0 Å². The predicted octanol–water partition coefficient (Wildman–Crippen LogP) is 6.80. The highest BCUT2D eigenvalue weighted by atomic mass is 32.1. The number of hydrogen-bond donors (Lipinski definition) is 0. The molecule has 0 unspecified atom stereocenters. The van der Waals surface area contributed by atoms with Crippen LogP contribution in [0.2, 0.25) is 0 Å². The standard InChI is InChI=1S/C30H22N2O4S/c1-2-35-25-13-8-14-26-27(25)31-30(37-26)32(18-19-9-4-3-5-10-19)28(33)23-17-22-21-12-7-6-11-20(21)15-16-24(22)36-29(23)34/h3-17H,2,18H2,1H3. The molecule has 182 valence electrons. The van der Waals surface area contributed by atoms with E-state index in [-0.39, 0.29) is 12.1 Å². The van der Waals surface area contributed by atoms with Gasteiger partial charge in [-0.25, -0.2) is 9.78 Å². The SMILES string of the molecule is CCOc1cccc2sc(N(Cc3ccccc3)C(=O)c3cc4c(ccc5ccccc54)oc3=O)nc12. The molecule has 6 nitrogen and oxygen atoms in total. The lowest BCUT2D eigenvalue weighted by atomic mass is 10.0. The molecule has 37 heavy (non-hydrogen) atoms. The van der Waals surface area contributed by atoms with Gasteiger partial charge in [-0.15, -0.1) is 0 Å². The first-order valence-corrected chi connectivity index (χ1v) is 12.8. The van der Waals surface area contributed by atoms with Crippen molar-refractivity contribution < 1.29 is 13.9 Å². The maximum atomic E-state index is 14.0. The second kappa shape index (κ2) is 9.52. The zero-order valence-corrected chi connectivity index (χ0v) is 20.8. The van der Waals surface area contributed by atoms with Crippen LogP contribution < -0.4 is 15.3 Å². The molecule has 6 rings (SSSR count). The van der Waals surface area contributed by atoms with Crippen molar-refractivity contribution in [3.8, 4) is 5.75 Å². The van der Waals surface area contributed by atoms with Gasteiger partial charge in [0.2, 0.25) is 0 Å². The van der Waals surface area contributed by atoms with Crippen molar-refractivity contribution >= 4 is 54.3 Å². The van der Waals surface area contributed by atoms with Crippen LogP contribution in [-0.2, 0) is 6.54 Å². The highest BCUT2D eigenvalue weighted by Gasteiger charge is 2.26. The number of rotatable bonds is 6. The molecular formula is C30H22N2O4S. The predicted molar refractivity (Wildman–Crippen MR) is 148 cm³/mol. The maximum absolute atomic E-state index is 14.0. The van der Waals surface area contributed by atoms with Gasteiger partial charge < -0.3 is 9.15 Å². The summed E-state index contributed by atoms with van der Waals surface area (Å²) in [5.74, 6) is 0.191. The molecule has 0 saturated carbocycles. The van der Waals surface area contributed by atoms with Crippen LogP contribution in [0.15, 0.2) is 100 Å². The quantitative estimate of drug-likeness (QED) is 0.183. The van der Waals surface area contributed by atoms with Gasteiger partial charge in [-0.2, -0.15) is 0 Å². The molecule has 1 amide bonds. The van der Waals surface area contributed by atoms with Crippen molar-refractivity contribution in [2.45, 2.75) is 13.5 Å². The number of nitrogens with zero attached hydrogens (tertiary/aromatic N) is 2. The summed E-state index contributed by atoms with van der Waals surface area (Å²) in [5.41, 5.74) is 1.32. The van der Waals surface area contributed by atoms with E-state index in [1.54, 1.807) is 17.0 Å². The summed E-state index contributed by atoms with van der Waals surface area (Å²) >= 11 is 1.38. The lowest BCUT2D eigenvalue weighted by Crippen LogP contribution is -2.33. The van der Waals surface area contributed by atoms with E-state index in [1.807, 2.05) is 85.8 Å². The Bertz CT molecular complexity index is 1820. The molecule has 6 aromatic rings. The van der Waals surface area contributed by atoms with E-state index >= 15 is 0 Å². The van der Waals surface area contributed by atoms with Crippen molar-refractivity contribution in [2.75, 3.05) is 11.5 Å². The minimum Gasteiger partial charge on any atom is -0.492 e. The third kappa shape index (κ3) is 4.23. The fourth-order valence-corrected chi connectivity index (χ4v) is 5.44. The van der Waals surface area contributed by atoms with Gasteiger partial charge in [-0.3, -0.25) is 9.69 Å². The van der Waals surface area contributed by atoms with Gasteiger partial charge in [0.25, 0.3) is 5.91 Å². The number of aromatic nitrogens is 1. The molecule has 0 N–H and O–H groups in total. The number of carbonyl (C=O) groups is 1. The molecule has 0 spiro atoms.